The van der Waals surface area contributed by atoms with Gasteiger partial charge in [0.1, 0.15) is 11.3 Å². The molecule has 18 heavy (non-hydrogen) atoms. The van der Waals surface area contributed by atoms with Crippen molar-refractivity contribution < 1.29 is 0 Å². The van der Waals surface area contributed by atoms with E-state index in [4.69, 9.17) is 28.7 Å². The maximum Gasteiger partial charge on any atom is 0.128 e. The summed E-state index contributed by atoms with van der Waals surface area (Å²) in [5.74, 6) is 0. The minimum atomic E-state index is -1.30. The minimum absolute atomic E-state index is 0.379. The maximum absolute atomic E-state index is 6.42. The van der Waals surface area contributed by atoms with E-state index in [0.29, 0.717) is 18.9 Å². The number of rotatable bonds is 2. The Morgan fingerprint density at radius 3 is 2.00 bits per heavy atom. The Labute approximate surface area is 109 Å². The van der Waals surface area contributed by atoms with Gasteiger partial charge in [0, 0.05) is 6.04 Å². The molecule has 0 aromatic rings. The van der Waals surface area contributed by atoms with Crippen LogP contribution in [0.2, 0.25) is 0 Å². The Morgan fingerprint density at radius 2 is 1.39 bits per heavy atom. The smallest absolute Gasteiger partial charge is 0.128 e. The fraction of sp³-hybridized carbons (Fsp3) is 1.00. The van der Waals surface area contributed by atoms with Crippen molar-refractivity contribution >= 4 is 0 Å². The summed E-state index contributed by atoms with van der Waals surface area (Å²) in [6, 6.07) is 0.379. The zero-order valence-corrected chi connectivity index (χ0v) is 11.1. The number of hydrogen-bond donors (Lipinski definition) is 6. The molecule has 0 heterocycles. The topological polar surface area (TPSA) is 142 Å². The second kappa shape index (κ2) is 4.70. The highest BCUT2D eigenvalue weighted by atomic mass is 15.3. The largest absolute Gasteiger partial charge is 0.311 e. The average Bonchev–Trinajstić information content (AvgIpc) is 2.28. The highest BCUT2D eigenvalue weighted by Crippen LogP contribution is 2.33. The third-order valence-electron chi connectivity index (χ3n) is 4.74. The van der Waals surface area contributed by atoms with Crippen LogP contribution in [-0.2, 0) is 0 Å². The van der Waals surface area contributed by atoms with Gasteiger partial charge in [0.05, 0.1) is 5.66 Å². The first kappa shape index (κ1) is 14.2. The standard InChI is InChI=1S/C12H28N6/c13-10(14)7-4-8-11(15,12(10,16)17)18-9-5-2-1-3-6-9/h9,18H,1-8,13-17H2. The minimum Gasteiger partial charge on any atom is -0.311 e. The van der Waals surface area contributed by atoms with Gasteiger partial charge in [0.15, 0.2) is 0 Å². The summed E-state index contributed by atoms with van der Waals surface area (Å²) in [6.07, 6.45) is 8.16. The van der Waals surface area contributed by atoms with Crippen LogP contribution in [0.1, 0.15) is 51.4 Å². The fourth-order valence-electron chi connectivity index (χ4n) is 3.29. The molecule has 2 aliphatic rings. The summed E-state index contributed by atoms with van der Waals surface area (Å²) < 4.78 is 0. The Morgan fingerprint density at radius 1 is 0.778 bits per heavy atom. The van der Waals surface area contributed by atoms with E-state index in [9.17, 15) is 0 Å². The summed E-state index contributed by atoms with van der Waals surface area (Å²) >= 11 is 0. The second-order valence-corrected chi connectivity index (χ2v) is 6.21. The van der Waals surface area contributed by atoms with Gasteiger partial charge in [-0.2, -0.15) is 0 Å². The molecule has 0 aromatic heterocycles. The molecule has 2 saturated carbocycles. The molecule has 0 saturated heterocycles. The van der Waals surface area contributed by atoms with Gasteiger partial charge in [-0.25, -0.2) is 0 Å². The van der Waals surface area contributed by atoms with Gasteiger partial charge in [0.25, 0.3) is 0 Å². The Balaban J connectivity index is 2.12. The van der Waals surface area contributed by atoms with Crippen LogP contribution in [0.3, 0.4) is 0 Å². The van der Waals surface area contributed by atoms with Crippen molar-refractivity contribution in [3.8, 4) is 0 Å². The molecule has 0 aromatic carbocycles. The lowest BCUT2D eigenvalue weighted by Gasteiger charge is -2.56. The van der Waals surface area contributed by atoms with Crippen molar-refractivity contribution in [2.45, 2.75) is 74.4 Å². The van der Waals surface area contributed by atoms with E-state index < -0.39 is 17.0 Å². The first-order valence-electron chi connectivity index (χ1n) is 7.01. The molecule has 0 spiro atoms. The van der Waals surface area contributed by atoms with Gasteiger partial charge >= 0.3 is 0 Å². The van der Waals surface area contributed by atoms with Crippen LogP contribution in [0, 0.1) is 0 Å². The Kier molecular flexibility index (Phi) is 3.70. The average molecular weight is 256 g/mol. The first-order valence-corrected chi connectivity index (χ1v) is 7.01. The third kappa shape index (κ3) is 2.29. The van der Waals surface area contributed by atoms with Crippen LogP contribution < -0.4 is 34.0 Å². The van der Waals surface area contributed by atoms with Crippen molar-refractivity contribution in [1.82, 2.24) is 5.32 Å². The van der Waals surface area contributed by atoms with Crippen LogP contribution in [0.4, 0.5) is 0 Å². The molecular weight excluding hydrogens is 228 g/mol. The van der Waals surface area contributed by atoms with Crippen molar-refractivity contribution in [2.24, 2.45) is 28.7 Å². The zero-order chi connectivity index (χ0) is 13.4. The number of nitrogens with two attached hydrogens (primary N) is 5. The lowest BCUT2D eigenvalue weighted by atomic mass is 9.72. The molecule has 0 amide bonds. The Hall–Kier alpha value is -0.240. The predicted octanol–water partition coefficient (Wildman–Crippen LogP) is -1.02. The van der Waals surface area contributed by atoms with Gasteiger partial charge in [-0.1, -0.05) is 19.3 Å². The van der Waals surface area contributed by atoms with Crippen molar-refractivity contribution in [2.75, 3.05) is 0 Å². The summed E-state index contributed by atoms with van der Waals surface area (Å²) in [5.41, 5.74) is 27.6. The van der Waals surface area contributed by atoms with E-state index >= 15 is 0 Å². The highest BCUT2D eigenvalue weighted by Gasteiger charge is 2.57. The van der Waals surface area contributed by atoms with E-state index in [0.717, 1.165) is 19.3 Å². The Bertz CT molecular complexity index is 297. The van der Waals surface area contributed by atoms with E-state index in [1.807, 2.05) is 0 Å². The summed E-state index contributed by atoms with van der Waals surface area (Å²) in [6.45, 7) is 0. The van der Waals surface area contributed by atoms with Crippen molar-refractivity contribution in [3.63, 3.8) is 0 Å². The van der Waals surface area contributed by atoms with Gasteiger partial charge in [-0.3, -0.25) is 5.32 Å². The molecule has 0 aliphatic heterocycles. The predicted molar refractivity (Wildman–Crippen MR) is 73.0 cm³/mol. The molecular formula is C12H28N6. The lowest BCUT2D eigenvalue weighted by Crippen LogP contribution is -2.91. The van der Waals surface area contributed by atoms with Crippen LogP contribution in [0.5, 0.6) is 0 Å². The van der Waals surface area contributed by atoms with E-state index in [2.05, 4.69) is 5.32 Å². The lowest BCUT2D eigenvalue weighted by molar-refractivity contribution is 0.0268. The molecule has 1 atom stereocenters. The van der Waals surface area contributed by atoms with Gasteiger partial charge in [-0.15, -0.1) is 0 Å². The summed E-state index contributed by atoms with van der Waals surface area (Å²) in [4.78, 5) is 0. The number of hydrogen-bond acceptors (Lipinski definition) is 6. The molecule has 2 aliphatic carbocycles. The fourth-order valence-corrected chi connectivity index (χ4v) is 3.29. The first-order chi connectivity index (χ1) is 8.29. The SMILES string of the molecule is NC1(N)CCCC(N)(NC2CCCCC2)C1(N)N. The van der Waals surface area contributed by atoms with Crippen LogP contribution >= 0.6 is 0 Å². The molecule has 6 heteroatoms. The van der Waals surface area contributed by atoms with E-state index in [1.165, 1.54) is 19.3 Å². The molecule has 11 N–H and O–H groups in total. The molecule has 6 nitrogen and oxygen atoms in total. The number of nitrogens with one attached hydrogen (secondary N) is 1. The summed E-state index contributed by atoms with van der Waals surface area (Å²) in [5, 5.41) is 3.45. The quantitative estimate of drug-likeness (QED) is 0.349. The van der Waals surface area contributed by atoms with Crippen molar-refractivity contribution in [1.29, 1.82) is 0 Å². The van der Waals surface area contributed by atoms with Crippen LogP contribution in [0.25, 0.3) is 0 Å². The normalized spacial score (nSPS) is 36.5. The molecule has 2 fully saturated rings. The molecule has 0 radical (unpaired) electrons. The summed E-state index contributed by atoms with van der Waals surface area (Å²) in [7, 11) is 0. The maximum atomic E-state index is 6.42. The molecule has 0 bridgehead atoms. The van der Waals surface area contributed by atoms with E-state index in [-0.39, 0.29) is 0 Å². The second-order valence-electron chi connectivity index (χ2n) is 6.21. The monoisotopic (exact) mass is 256 g/mol. The van der Waals surface area contributed by atoms with Crippen LogP contribution in [-0.4, -0.2) is 23.0 Å². The van der Waals surface area contributed by atoms with Gasteiger partial charge in [0.2, 0.25) is 0 Å². The van der Waals surface area contributed by atoms with Gasteiger partial charge in [-0.05, 0) is 32.1 Å². The van der Waals surface area contributed by atoms with Crippen LogP contribution in [0.15, 0.2) is 0 Å². The van der Waals surface area contributed by atoms with E-state index in [1.54, 1.807) is 0 Å². The molecule has 106 valence electrons. The molecule has 2 rings (SSSR count). The highest BCUT2D eigenvalue weighted by molar-refractivity contribution is 5.16. The third-order valence-corrected chi connectivity index (χ3v) is 4.74. The van der Waals surface area contributed by atoms with Gasteiger partial charge < -0.3 is 28.7 Å². The zero-order valence-electron chi connectivity index (χ0n) is 11.1. The molecule has 1 unspecified atom stereocenters. The van der Waals surface area contributed by atoms with Crippen molar-refractivity contribution in [3.05, 3.63) is 0 Å².